The van der Waals surface area contributed by atoms with Crippen LogP contribution in [-0.4, -0.2) is 0 Å². The van der Waals surface area contributed by atoms with Crippen molar-refractivity contribution < 1.29 is 0 Å². The fourth-order valence-corrected chi connectivity index (χ4v) is 4.82. The molecule has 23 heavy (non-hydrogen) atoms. The molecule has 1 heteroatoms. The second-order valence-electron chi connectivity index (χ2n) is 6.45. The molecule has 0 fully saturated rings. The van der Waals surface area contributed by atoms with Crippen LogP contribution in [0.4, 0.5) is 0 Å². The summed E-state index contributed by atoms with van der Waals surface area (Å²) in [6.45, 7) is 0. The Bertz CT molecular complexity index is 1010. The molecule has 1 aliphatic rings. The Balaban J connectivity index is 1.96. The van der Waals surface area contributed by atoms with Gasteiger partial charge in [-0.25, -0.2) is 0 Å². The van der Waals surface area contributed by atoms with Crippen LogP contribution in [0, 0.1) is 0 Å². The Morgan fingerprint density at radius 3 is 2.39 bits per heavy atom. The van der Waals surface area contributed by atoms with Gasteiger partial charge in [0.05, 0.1) is 0 Å². The first-order chi connectivity index (χ1) is 11.4. The van der Waals surface area contributed by atoms with Crippen LogP contribution in [0.15, 0.2) is 60.0 Å². The molecule has 0 aliphatic heterocycles. The third-order valence-electron chi connectivity index (χ3n) is 5.16. The summed E-state index contributed by atoms with van der Waals surface area (Å²) in [5.41, 5.74) is 4.55. The summed E-state index contributed by atoms with van der Waals surface area (Å²) in [5, 5.41) is 7.83. The van der Waals surface area contributed by atoms with Gasteiger partial charge in [-0.1, -0.05) is 42.5 Å². The second kappa shape index (κ2) is 5.21. The maximum absolute atomic E-state index is 2.45. The zero-order chi connectivity index (χ0) is 15.2. The molecule has 0 N–H and O–H groups in total. The largest absolute Gasteiger partial charge is 0.144 e. The molecule has 1 aliphatic carbocycles. The van der Waals surface area contributed by atoms with Crippen LogP contribution >= 0.6 is 11.3 Å². The Morgan fingerprint density at radius 2 is 1.52 bits per heavy atom. The fraction of sp³-hybridized carbons (Fsp3) is 0.182. The minimum Gasteiger partial charge on any atom is -0.144 e. The van der Waals surface area contributed by atoms with Crippen LogP contribution in [-0.2, 0) is 12.8 Å². The maximum atomic E-state index is 2.45. The quantitative estimate of drug-likeness (QED) is 0.347. The van der Waals surface area contributed by atoms with Gasteiger partial charge in [0.25, 0.3) is 0 Å². The summed E-state index contributed by atoms with van der Waals surface area (Å²) in [7, 11) is 0. The first kappa shape index (κ1) is 13.3. The van der Waals surface area contributed by atoms with Gasteiger partial charge >= 0.3 is 0 Å². The molecule has 1 aromatic heterocycles. The molecule has 0 saturated carbocycles. The van der Waals surface area contributed by atoms with Crippen LogP contribution in [0.2, 0.25) is 0 Å². The lowest BCUT2D eigenvalue weighted by molar-refractivity contribution is 0.690. The van der Waals surface area contributed by atoms with E-state index in [4.69, 9.17) is 0 Å². The van der Waals surface area contributed by atoms with Crippen molar-refractivity contribution >= 4 is 32.9 Å². The molecule has 0 radical (unpaired) electrons. The average Bonchev–Trinajstić information content (AvgIpc) is 3.15. The van der Waals surface area contributed by atoms with Crippen molar-refractivity contribution in [2.75, 3.05) is 0 Å². The van der Waals surface area contributed by atoms with Crippen molar-refractivity contribution in [2.24, 2.45) is 0 Å². The highest BCUT2D eigenvalue weighted by molar-refractivity contribution is 7.13. The van der Waals surface area contributed by atoms with Crippen LogP contribution in [0.3, 0.4) is 0 Å². The lowest BCUT2D eigenvalue weighted by Crippen LogP contribution is -2.03. The zero-order valence-corrected chi connectivity index (χ0v) is 13.8. The Labute approximate surface area is 140 Å². The summed E-state index contributed by atoms with van der Waals surface area (Å²) in [4.78, 5) is 1.37. The zero-order valence-electron chi connectivity index (χ0n) is 13.0. The summed E-state index contributed by atoms with van der Waals surface area (Å²) < 4.78 is 0. The van der Waals surface area contributed by atoms with Crippen molar-refractivity contribution in [2.45, 2.75) is 25.7 Å². The summed E-state index contributed by atoms with van der Waals surface area (Å²) in [5.74, 6) is 0. The standard InChI is InChI=1S/C22H18S/c1-2-7-16-15(6-1)11-12-19-17-8-3-4-9-18(17)21(14-20(16)19)22-10-5-13-23-22/h3-5,8-14H,1-2,6-7H2. The molecule has 0 atom stereocenters. The van der Waals surface area contributed by atoms with Crippen LogP contribution in [0.25, 0.3) is 32.0 Å². The van der Waals surface area contributed by atoms with Crippen LogP contribution in [0.5, 0.6) is 0 Å². The van der Waals surface area contributed by atoms with E-state index in [-0.39, 0.29) is 0 Å². The topological polar surface area (TPSA) is 0 Å². The molecule has 0 saturated heterocycles. The molecule has 0 amide bonds. The van der Waals surface area contributed by atoms with Crippen molar-refractivity contribution in [1.29, 1.82) is 0 Å². The second-order valence-corrected chi connectivity index (χ2v) is 7.40. The van der Waals surface area contributed by atoms with Gasteiger partial charge in [-0.05, 0) is 75.9 Å². The van der Waals surface area contributed by atoms with E-state index < -0.39 is 0 Å². The molecular formula is C22H18S. The molecule has 0 nitrogen and oxygen atoms in total. The smallest absolute Gasteiger partial charge is 0.0349 e. The minimum atomic E-state index is 1.23. The van der Waals surface area contributed by atoms with E-state index >= 15 is 0 Å². The van der Waals surface area contributed by atoms with Gasteiger partial charge in [-0.2, -0.15) is 0 Å². The number of benzene rings is 3. The van der Waals surface area contributed by atoms with E-state index in [0.29, 0.717) is 0 Å². The molecule has 1 heterocycles. The highest BCUT2D eigenvalue weighted by Gasteiger charge is 2.16. The summed E-state index contributed by atoms with van der Waals surface area (Å²) >= 11 is 1.84. The predicted octanol–water partition coefficient (Wildman–Crippen LogP) is 6.60. The number of fused-ring (bicyclic) bond motifs is 5. The average molecular weight is 314 g/mol. The maximum Gasteiger partial charge on any atom is 0.0349 e. The van der Waals surface area contributed by atoms with Crippen LogP contribution < -0.4 is 0 Å². The van der Waals surface area contributed by atoms with E-state index in [2.05, 4.69) is 60.0 Å². The molecule has 0 unspecified atom stereocenters. The Morgan fingerprint density at radius 1 is 0.696 bits per heavy atom. The SMILES string of the molecule is c1csc(-c2cc3c4c(ccc3c3ccccc23)CCCC4)c1. The normalized spacial score (nSPS) is 14.3. The fourth-order valence-electron chi connectivity index (χ4n) is 4.07. The third kappa shape index (κ3) is 2.04. The molecule has 112 valence electrons. The van der Waals surface area contributed by atoms with Crippen LogP contribution in [0.1, 0.15) is 24.0 Å². The van der Waals surface area contributed by atoms with Gasteiger partial charge in [0, 0.05) is 10.4 Å². The van der Waals surface area contributed by atoms with Crippen molar-refractivity contribution in [3.05, 3.63) is 71.1 Å². The predicted molar refractivity (Wildman–Crippen MR) is 101 cm³/mol. The summed E-state index contributed by atoms with van der Waals surface area (Å²) in [6.07, 6.45) is 5.14. The molecule has 0 bridgehead atoms. The van der Waals surface area contributed by atoms with E-state index in [1.165, 1.54) is 57.7 Å². The van der Waals surface area contributed by atoms with Gasteiger partial charge < -0.3 is 0 Å². The number of aryl methyl sites for hydroxylation is 2. The first-order valence-corrected chi connectivity index (χ1v) is 9.30. The molecule has 4 aromatic rings. The van der Waals surface area contributed by atoms with Crippen molar-refractivity contribution in [3.63, 3.8) is 0 Å². The summed E-state index contributed by atoms with van der Waals surface area (Å²) in [6, 6.07) is 20.4. The van der Waals surface area contributed by atoms with E-state index in [1.54, 1.807) is 11.1 Å². The van der Waals surface area contributed by atoms with Crippen molar-refractivity contribution in [3.8, 4) is 10.4 Å². The third-order valence-corrected chi connectivity index (χ3v) is 6.06. The molecule has 5 rings (SSSR count). The lowest BCUT2D eigenvalue weighted by atomic mass is 9.85. The van der Waals surface area contributed by atoms with E-state index in [1.807, 2.05) is 11.3 Å². The highest BCUT2D eigenvalue weighted by Crippen LogP contribution is 2.39. The number of thiophene rings is 1. The first-order valence-electron chi connectivity index (χ1n) is 8.42. The molecular weight excluding hydrogens is 296 g/mol. The van der Waals surface area contributed by atoms with E-state index in [0.717, 1.165) is 0 Å². The minimum absolute atomic E-state index is 1.23. The Kier molecular flexibility index (Phi) is 3.02. The molecule has 3 aromatic carbocycles. The number of hydrogen-bond donors (Lipinski definition) is 0. The van der Waals surface area contributed by atoms with Gasteiger partial charge in [0.1, 0.15) is 0 Å². The lowest BCUT2D eigenvalue weighted by Gasteiger charge is -2.20. The van der Waals surface area contributed by atoms with Gasteiger partial charge in [-0.15, -0.1) is 11.3 Å². The highest BCUT2D eigenvalue weighted by atomic mass is 32.1. The Hall–Kier alpha value is -2.12. The monoisotopic (exact) mass is 314 g/mol. The van der Waals surface area contributed by atoms with Gasteiger partial charge in [0.15, 0.2) is 0 Å². The van der Waals surface area contributed by atoms with Gasteiger partial charge in [-0.3, -0.25) is 0 Å². The number of hydrogen-bond acceptors (Lipinski definition) is 1. The van der Waals surface area contributed by atoms with E-state index in [9.17, 15) is 0 Å². The van der Waals surface area contributed by atoms with Crippen molar-refractivity contribution in [1.82, 2.24) is 0 Å². The molecule has 0 spiro atoms. The number of rotatable bonds is 1. The van der Waals surface area contributed by atoms with Gasteiger partial charge in [0.2, 0.25) is 0 Å².